The fourth-order valence-corrected chi connectivity index (χ4v) is 1.76. The fourth-order valence-electron chi connectivity index (χ4n) is 1.76. The van der Waals surface area contributed by atoms with Crippen LogP contribution in [0.15, 0.2) is 0 Å². The van der Waals surface area contributed by atoms with E-state index < -0.39 is 0 Å². The largest absolute Gasteiger partial charge is 0.346 e. The number of nitrogens with two attached hydrogens (primary N) is 1. The molecule has 16 heavy (non-hydrogen) atoms. The number of hydrogen-bond donors (Lipinski definition) is 1. The minimum atomic E-state index is 0.232. The van der Waals surface area contributed by atoms with Gasteiger partial charge in [-0.1, -0.05) is 0 Å². The Morgan fingerprint density at radius 3 is 2.56 bits per heavy atom. The smallest absolute Gasteiger partial charge is 0.223 e. The Kier molecular flexibility index (Phi) is 5.77. The number of amides is 1. The summed E-state index contributed by atoms with van der Waals surface area (Å²) in [5.41, 5.74) is 5.41. The minimum absolute atomic E-state index is 0.232. The lowest BCUT2D eigenvalue weighted by Gasteiger charge is -2.20. The van der Waals surface area contributed by atoms with E-state index in [0.717, 1.165) is 32.0 Å². The molecular weight excluding hydrogens is 202 g/mol. The Labute approximate surface area is 98.8 Å². The number of nitrogens with zero attached hydrogens (tertiary/aromatic N) is 2. The first-order valence-electron chi connectivity index (χ1n) is 6.26. The lowest BCUT2D eigenvalue weighted by molar-refractivity contribution is -0.130. The van der Waals surface area contributed by atoms with Crippen LogP contribution in [0.4, 0.5) is 0 Å². The van der Waals surface area contributed by atoms with Crippen LogP contribution in [0.1, 0.15) is 25.7 Å². The van der Waals surface area contributed by atoms with Crippen LogP contribution in [0.25, 0.3) is 0 Å². The van der Waals surface area contributed by atoms with Gasteiger partial charge in [0.05, 0.1) is 0 Å². The van der Waals surface area contributed by atoms with E-state index in [-0.39, 0.29) is 5.91 Å². The van der Waals surface area contributed by atoms with Crippen molar-refractivity contribution in [1.82, 2.24) is 9.80 Å². The molecule has 0 aliphatic heterocycles. The van der Waals surface area contributed by atoms with Crippen molar-refractivity contribution in [2.24, 2.45) is 11.7 Å². The molecule has 1 amide bonds. The van der Waals surface area contributed by atoms with Crippen LogP contribution >= 0.6 is 0 Å². The molecule has 1 aliphatic carbocycles. The zero-order valence-corrected chi connectivity index (χ0v) is 10.6. The second-order valence-electron chi connectivity index (χ2n) is 4.91. The van der Waals surface area contributed by atoms with Crippen molar-refractivity contribution in [3.05, 3.63) is 0 Å². The van der Waals surface area contributed by atoms with E-state index in [0.29, 0.717) is 13.0 Å². The Bertz CT molecular complexity index is 216. The van der Waals surface area contributed by atoms with Gasteiger partial charge in [0.25, 0.3) is 0 Å². The predicted molar refractivity (Wildman–Crippen MR) is 66.1 cm³/mol. The van der Waals surface area contributed by atoms with Crippen molar-refractivity contribution in [2.45, 2.75) is 25.7 Å². The van der Waals surface area contributed by atoms with Gasteiger partial charge in [0.15, 0.2) is 0 Å². The summed E-state index contributed by atoms with van der Waals surface area (Å²) in [4.78, 5) is 15.8. The quantitative estimate of drug-likeness (QED) is 0.658. The van der Waals surface area contributed by atoms with Crippen molar-refractivity contribution in [3.8, 4) is 0 Å². The average Bonchev–Trinajstić information content (AvgIpc) is 3.06. The van der Waals surface area contributed by atoms with E-state index >= 15 is 0 Å². The summed E-state index contributed by atoms with van der Waals surface area (Å²) in [5.74, 6) is 1.13. The molecule has 1 rings (SSSR count). The van der Waals surface area contributed by atoms with E-state index in [4.69, 9.17) is 5.73 Å². The lowest BCUT2D eigenvalue weighted by Crippen LogP contribution is -2.32. The molecule has 0 radical (unpaired) electrons. The summed E-state index contributed by atoms with van der Waals surface area (Å²) in [7, 11) is 3.96. The van der Waals surface area contributed by atoms with Crippen molar-refractivity contribution < 1.29 is 4.79 Å². The highest BCUT2D eigenvalue weighted by Gasteiger charge is 2.22. The number of hydrogen-bond acceptors (Lipinski definition) is 3. The molecule has 0 unspecified atom stereocenters. The Morgan fingerprint density at radius 1 is 1.31 bits per heavy atom. The molecule has 0 bridgehead atoms. The molecule has 1 fully saturated rings. The van der Waals surface area contributed by atoms with Crippen LogP contribution < -0.4 is 5.73 Å². The minimum Gasteiger partial charge on any atom is -0.346 e. The van der Waals surface area contributed by atoms with Gasteiger partial charge in [-0.15, -0.1) is 0 Å². The maximum atomic E-state index is 11.7. The molecule has 2 N–H and O–H groups in total. The number of rotatable bonds is 8. The Morgan fingerprint density at radius 2 is 2.00 bits per heavy atom. The van der Waals surface area contributed by atoms with Crippen LogP contribution in [0, 0.1) is 5.92 Å². The van der Waals surface area contributed by atoms with Crippen molar-refractivity contribution >= 4 is 5.91 Å². The first-order valence-corrected chi connectivity index (χ1v) is 6.26. The maximum absolute atomic E-state index is 11.7. The fraction of sp³-hybridized carbons (Fsp3) is 0.917. The van der Waals surface area contributed by atoms with Gasteiger partial charge in [-0.3, -0.25) is 4.79 Å². The molecule has 0 aromatic carbocycles. The van der Waals surface area contributed by atoms with Crippen molar-refractivity contribution in [3.63, 3.8) is 0 Å². The third-order valence-corrected chi connectivity index (χ3v) is 3.10. The molecule has 4 nitrogen and oxygen atoms in total. The molecule has 1 aliphatic rings. The SMILES string of the molecule is CN(CCC(=O)N(C)CCCN)CC1CC1. The zero-order valence-electron chi connectivity index (χ0n) is 10.6. The molecule has 4 heteroatoms. The number of carbonyl (C=O) groups excluding carboxylic acids is 1. The van der Waals surface area contributed by atoms with Crippen molar-refractivity contribution in [2.75, 3.05) is 40.3 Å². The maximum Gasteiger partial charge on any atom is 0.223 e. The second kappa shape index (κ2) is 6.86. The van der Waals surface area contributed by atoms with Crippen LogP contribution in [0.5, 0.6) is 0 Å². The van der Waals surface area contributed by atoms with Gasteiger partial charge in [0.2, 0.25) is 5.91 Å². The molecule has 0 aromatic heterocycles. The lowest BCUT2D eigenvalue weighted by atomic mass is 10.3. The van der Waals surface area contributed by atoms with Gasteiger partial charge in [-0.25, -0.2) is 0 Å². The van der Waals surface area contributed by atoms with E-state index in [1.165, 1.54) is 12.8 Å². The van der Waals surface area contributed by atoms with Gasteiger partial charge in [0.1, 0.15) is 0 Å². The van der Waals surface area contributed by atoms with E-state index in [1.807, 2.05) is 7.05 Å². The summed E-state index contributed by atoms with van der Waals surface area (Å²) in [6.45, 7) is 3.46. The topological polar surface area (TPSA) is 49.6 Å². The van der Waals surface area contributed by atoms with Gasteiger partial charge in [0, 0.05) is 33.1 Å². The summed E-state index contributed by atoms with van der Waals surface area (Å²) < 4.78 is 0. The predicted octanol–water partition coefficient (Wildman–Crippen LogP) is 0.526. The first-order chi connectivity index (χ1) is 7.63. The average molecular weight is 227 g/mol. The Hall–Kier alpha value is -0.610. The molecular formula is C12H25N3O. The van der Waals surface area contributed by atoms with E-state index in [9.17, 15) is 4.79 Å². The summed E-state index contributed by atoms with van der Waals surface area (Å²) >= 11 is 0. The molecule has 1 saturated carbocycles. The van der Waals surface area contributed by atoms with Crippen molar-refractivity contribution in [1.29, 1.82) is 0 Å². The zero-order chi connectivity index (χ0) is 12.0. The number of carbonyl (C=O) groups is 1. The monoisotopic (exact) mass is 227 g/mol. The molecule has 0 spiro atoms. The molecule has 0 atom stereocenters. The normalized spacial score (nSPS) is 15.5. The summed E-state index contributed by atoms with van der Waals surface area (Å²) in [6.07, 6.45) is 4.26. The molecule has 0 aromatic rings. The molecule has 0 heterocycles. The highest BCUT2D eigenvalue weighted by atomic mass is 16.2. The van der Waals surface area contributed by atoms with Crippen LogP contribution in [0.2, 0.25) is 0 Å². The van der Waals surface area contributed by atoms with Gasteiger partial charge < -0.3 is 15.5 Å². The standard InChI is InChI=1S/C12H25N3O/c1-14(10-11-4-5-11)9-6-12(16)15(2)8-3-7-13/h11H,3-10,13H2,1-2H3. The van der Waals surface area contributed by atoms with E-state index in [2.05, 4.69) is 11.9 Å². The van der Waals surface area contributed by atoms with Gasteiger partial charge >= 0.3 is 0 Å². The summed E-state index contributed by atoms with van der Waals surface area (Å²) in [5, 5.41) is 0. The summed E-state index contributed by atoms with van der Waals surface area (Å²) in [6, 6.07) is 0. The van der Waals surface area contributed by atoms with Gasteiger partial charge in [-0.2, -0.15) is 0 Å². The first kappa shape index (κ1) is 13.5. The second-order valence-corrected chi connectivity index (χ2v) is 4.91. The van der Waals surface area contributed by atoms with Gasteiger partial charge in [-0.05, 0) is 38.8 Å². The van der Waals surface area contributed by atoms with Crippen LogP contribution in [-0.2, 0) is 4.79 Å². The van der Waals surface area contributed by atoms with Crippen LogP contribution in [-0.4, -0.2) is 56.0 Å². The third-order valence-electron chi connectivity index (χ3n) is 3.10. The van der Waals surface area contributed by atoms with E-state index in [1.54, 1.807) is 4.90 Å². The highest BCUT2D eigenvalue weighted by molar-refractivity contribution is 5.76. The Balaban J connectivity index is 2.07. The molecule has 94 valence electrons. The third kappa shape index (κ3) is 5.47. The highest BCUT2D eigenvalue weighted by Crippen LogP contribution is 2.29. The molecule has 0 saturated heterocycles. The van der Waals surface area contributed by atoms with Crippen LogP contribution in [0.3, 0.4) is 0 Å².